The number of hydrogen-bond donors (Lipinski definition) is 1. The maximum Gasteiger partial charge on any atom is 0.335 e. The number of hydrogen-bond acceptors (Lipinski definition) is 4. The van der Waals surface area contributed by atoms with Crippen molar-refractivity contribution in [3.63, 3.8) is 0 Å². The molecule has 4 nitrogen and oxygen atoms in total. The first-order valence-corrected chi connectivity index (χ1v) is 7.02. The number of carboxylic acid groups (broad SMARTS) is 1. The molecule has 104 valence electrons. The Kier molecular flexibility index (Phi) is 5.89. The second kappa shape index (κ2) is 7.19. The van der Waals surface area contributed by atoms with E-state index in [2.05, 4.69) is 0 Å². The number of benzene rings is 1. The van der Waals surface area contributed by atoms with E-state index >= 15 is 0 Å². The van der Waals surface area contributed by atoms with Crippen LogP contribution in [-0.4, -0.2) is 28.4 Å². The zero-order valence-corrected chi connectivity index (χ0v) is 12.1. The van der Waals surface area contributed by atoms with Gasteiger partial charge in [-0.1, -0.05) is 6.92 Å². The van der Waals surface area contributed by atoms with Gasteiger partial charge in [0.1, 0.15) is 5.25 Å². The fourth-order valence-corrected chi connectivity index (χ4v) is 2.16. The molecule has 0 saturated heterocycles. The molecule has 0 saturated carbocycles. The lowest BCUT2D eigenvalue weighted by Crippen LogP contribution is -2.21. The molecule has 2 unspecified atom stereocenters. The molecule has 0 spiro atoms. The molecule has 1 rings (SSSR count). The predicted octanol–water partition coefficient (Wildman–Crippen LogP) is 3.21. The number of ether oxygens (including phenoxy) is 1. The SMILES string of the molecule is CCC(C)OC(=O)C(C)Sc1ccc(C(=O)O)cc1. The Bertz CT molecular complexity index is 441. The van der Waals surface area contributed by atoms with E-state index in [1.54, 1.807) is 19.1 Å². The van der Waals surface area contributed by atoms with Gasteiger partial charge in [-0.05, 0) is 44.5 Å². The largest absolute Gasteiger partial charge is 0.478 e. The summed E-state index contributed by atoms with van der Waals surface area (Å²) in [5, 5.41) is 8.48. The third kappa shape index (κ3) is 4.95. The van der Waals surface area contributed by atoms with Crippen LogP contribution in [-0.2, 0) is 9.53 Å². The van der Waals surface area contributed by atoms with Crippen molar-refractivity contribution in [1.29, 1.82) is 0 Å². The van der Waals surface area contributed by atoms with E-state index in [4.69, 9.17) is 9.84 Å². The van der Waals surface area contributed by atoms with Gasteiger partial charge in [-0.2, -0.15) is 0 Å². The monoisotopic (exact) mass is 282 g/mol. The summed E-state index contributed by atoms with van der Waals surface area (Å²) < 4.78 is 5.24. The normalized spacial score (nSPS) is 13.6. The van der Waals surface area contributed by atoms with Gasteiger partial charge in [-0.25, -0.2) is 4.79 Å². The molecule has 0 fully saturated rings. The fourth-order valence-electron chi connectivity index (χ4n) is 1.31. The summed E-state index contributed by atoms with van der Waals surface area (Å²) in [5.41, 5.74) is 0.235. The maximum absolute atomic E-state index is 11.8. The first-order chi connectivity index (χ1) is 8.93. The van der Waals surface area contributed by atoms with E-state index in [1.807, 2.05) is 13.8 Å². The Hall–Kier alpha value is -1.49. The Morgan fingerprint density at radius 2 is 1.84 bits per heavy atom. The molecule has 2 atom stereocenters. The van der Waals surface area contributed by atoms with Crippen LogP contribution in [0.15, 0.2) is 29.2 Å². The van der Waals surface area contributed by atoms with Gasteiger partial charge < -0.3 is 9.84 Å². The van der Waals surface area contributed by atoms with Gasteiger partial charge >= 0.3 is 11.9 Å². The van der Waals surface area contributed by atoms with Crippen LogP contribution in [0.1, 0.15) is 37.6 Å². The minimum absolute atomic E-state index is 0.0788. The number of aromatic carboxylic acids is 1. The molecule has 0 heterocycles. The molecule has 1 N–H and O–H groups in total. The van der Waals surface area contributed by atoms with Crippen molar-refractivity contribution in [2.45, 2.75) is 43.4 Å². The minimum Gasteiger partial charge on any atom is -0.478 e. The van der Waals surface area contributed by atoms with Crippen molar-refractivity contribution in [3.8, 4) is 0 Å². The summed E-state index contributed by atoms with van der Waals surface area (Å²) in [7, 11) is 0. The summed E-state index contributed by atoms with van der Waals surface area (Å²) in [6.07, 6.45) is 0.709. The van der Waals surface area contributed by atoms with Crippen LogP contribution < -0.4 is 0 Å². The summed E-state index contributed by atoms with van der Waals surface area (Å²) in [6, 6.07) is 6.44. The summed E-state index contributed by atoms with van der Waals surface area (Å²) in [5.74, 6) is -1.21. The maximum atomic E-state index is 11.8. The Morgan fingerprint density at radius 1 is 1.26 bits per heavy atom. The number of esters is 1. The highest BCUT2D eigenvalue weighted by Crippen LogP contribution is 2.24. The number of carbonyl (C=O) groups excluding carboxylic acids is 1. The first-order valence-electron chi connectivity index (χ1n) is 6.14. The molecule has 0 aliphatic rings. The second-order valence-corrected chi connectivity index (χ2v) is 5.66. The number of thioether (sulfide) groups is 1. The Labute approximate surface area is 117 Å². The molecule has 5 heteroatoms. The highest BCUT2D eigenvalue weighted by Gasteiger charge is 2.18. The molecule has 0 aliphatic heterocycles. The summed E-state index contributed by atoms with van der Waals surface area (Å²) >= 11 is 1.36. The fraction of sp³-hybridized carbons (Fsp3) is 0.429. The van der Waals surface area contributed by atoms with Crippen LogP contribution in [0.3, 0.4) is 0 Å². The highest BCUT2D eigenvalue weighted by molar-refractivity contribution is 8.00. The highest BCUT2D eigenvalue weighted by atomic mass is 32.2. The van der Waals surface area contributed by atoms with Gasteiger partial charge in [0.2, 0.25) is 0 Å². The standard InChI is InChI=1S/C14H18O4S/c1-4-9(2)18-14(17)10(3)19-12-7-5-11(6-8-12)13(15)16/h5-10H,4H2,1-3H3,(H,15,16). The van der Waals surface area contributed by atoms with Crippen LogP contribution >= 0.6 is 11.8 Å². The molecule has 0 amide bonds. The van der Waals surface area contributed by atoms with E-state index in [0.29, 0.717) is 0 Å². The van der Waals surface area contributed by atoms with Gasteiger partial charge in [-0.3, -0.25) is 4.79 Å². The third-order valence-electron chi connectivity index (χ3n) is 2.64. The van der Waals surface area contributed by atoms with Gasteiger partial charge in [0.25, 0.3) is 0 Å². The summed E-state index contributed by atoms with van der Waals surface area (Å²) in [4.78, 5) is 23.3. The van der Waals surface area contributed by atoms with Crippen molar-refractivity contribution < 1.29 is 19.4 Å². The third-order valence-corrected chi connectivity index (χ3v) is 3.73. The second-order valence-electron chi connectivity index (χ2n) is 4.25. The van der Waals surface area contributed by atoms with E-state index in [0.717, 1.165) is 11.3 Å². The molecule has 1 aromatic carbocycles. The molecule has 0 aliphatic carbocycles. The average Bonchev–Trinajstić information content (AvgIpc) is 2.38. The van der Waals surface area contributed by atoms with Gasteiger partial charge in [-0.15, -0.1) is 11.8 Å². The van der Waals surface area contributed by atoms with Crippen LogP contribution in [0.25, 0.3) is 0 Å². The van der Waals surface area contributed by atoms with Gasteiger partial charge in [0, 0.05) is 4.90 Å². The Morgan fingerprint density at radius 3 is 2.32 bits per heavy atom. The lowest BCUT2D eigenvalue weighted by atomic mass is 10.2. The lowest BCUT2D eigenvalue weighted by molar-refractivity contribution is -0.147. The lowest BCUT2D eigenvalue weighted by Gasteiger charge is -2.15. The van der Waals surface area contributed by atoms with Crippen LogP contribution in [0.2, 0.25) is 0 Å². The van der Waals surface area contributed by atoms with Crippen LogP contribution in [0, 0.1) is 0 Å². The van der Waals surface area contributed by atoms with E-state index in [-0.39, 0.29) is 22.9 Å². The van der Waals surface area contributed by atoms with E-state index in [9.17, 15) is 9.59 Å². The van der Waals surface area contributed by atoms with Crippen LogP contribution in [0.5, 0.6) is 0 Å². The molecule has 0 bridgehead atoms. The van der Waals surface area contributed by atoms with Gasteiger partial charge in [0.05, 0.1) is 11.7 Å². The molecular weight excluding hydrogens is 264 g/mol. The van der Waals surface area contributed by atoms with Gasteiger partial charge in [0.15, 0.2) is 0 Å². The molecule has 19 heavy (non-hydrogen) atoms. The Balaban J connectivity index is 2.58. The molecule has 1 aromatic rings. The first kappa shape index (κ1) is 15.6. The number of carbonyl (C=O) groups is 2. The summed E-state index contributed by atoms with van der Waals surface area (Å²) in [6.45, 7) is 5.60. The van der Waals surface area contributed by atoms with E-state index < -0.39 is 5.97 Å². The van der Waals surface area contributed by atoms with Crippen molar-refractivity contribution in [1.82, 2.24) is 0 Å². The molecule has 0 radical (unpaired) electrons. The molecular formula is C14H18O4S. The van der Waals surface area contributed by atoms with Crippen molar-refractivity contribution >= 4 is 23.7 Å². The number of carboxylic acids is 1. The topological polar surface area (TPSA) is 63.6 Å². The predicted molar refractivity (Wildman–Crippen MR) is 74.6 cm³/mol. The van der Waals surface area contributed by atoms with E-state index in [1.165, 1.54) is 23.9 Å². The zero-order chi connectivity index (χ0) is 14.4. The van der Waals surface area contributed by atoms with Crippen molar-refractivity contribution in [2.24, 2.45) is 0 Å². The smallest absolute Gasteiger partial charge is 0.335 e. The number of rotatable bonds is 6. The van der Waals surface area contributed by atoms with Crippen molar-refractivity contribution in [2.75, 3.05) is 0 Å². The zero-order valence-electron chi connectivity index (χ0n) is 11.3. The van der Waals surface area contributed by atoms with Crippen molar-refractivity contribution in [3.05, 3.63) is 29.8 Å². The quantitative estimate of drug-likeness (QED) is 0.641. The minimum atomic E-state index is -0.958. The molecule has 0 aromatic heterocycles. The average molecular weight is 282 g/mol. The van der Waals surface area contributed by atoms with Crippen LogP contribution in [0.4, 0.5) is 0 Å².